The highest BCUT2D eigenvalue weighted by molar-refractivity contribution is 5.35. The fraction of sp³-hybridized carbons (Fsp3) is 0.417. The first-order valence-electron chi connectivity index (χ1n) is 5.22. The van der Waals surface area contributed by atoms with Crippen molar-refractivity contribution >= 4 is 0 Å². The van der Waals surface area contributed by atoms with Crippen molar-refractivity contribution in [2.45, 2.75) is 31.6 Å². The first-order valence-corrected chi connectivity index (χ1v) is 5.22. The van der Waals surface area contributed by atoms with Gasteiger partial charge in [-0.05, 0) is 29.7 Å². The van der Waals surface area contributed by atoms with Crippen molar-refractivity contribution in [1.29, 1.82) is 5.26 Å². The molecule has 0 amide bonds. The zero-order valence-corrected chi connectivity index (χ0v) is 9.73. The van der Waals surface area contributed by atoms with Gasteiger partial charge in [0.15, 0.2) is 0 Å². The van der Waals surface area contributed by atoms with E-state index in [0.717, 1.165) is 0 Å². The molecule has 0 aliphatic rings. The lowest BCUT2D eigenvalue weighted by atomic mass is 9.94. The van der Waals surface area contributed by atoms with Gasteiger partial charge in [-0.2, -0.15) is 31.6 Å². The van der Waals surface area contributed by atoms with Crippen LogP contribution in [-0.2, 0) is 12.4 Å². The number of nitrogens with zero attached hydrogens (tertiary/aromatic N) is 1. The van der Waals surface area contributed by atoms with Gasteiger partial charge in [0.1, 0.15) is 0 Å². The van der Waals surface area contributed by atoms with Crippen LogP contribution in [-0.4, -0.2) is 0 Å². The molecule has 1 aromatic carbocycles. The van der Waals surface area contributed by atoms with Crippen LogP contribution in [0.3, 0.4) is 0 Å². The smallest absolute Gasteiger partial charge is 0.198 e. The van der Waals surface area contributed by atoms with E-state index in [9.17, 15) is 26.3 Å². The minimum atomic E-state index is -4.86. The van der Waals surface area contributed by atoms with Crippen LogP contribution in [0.4, 0.5) is 26.3 Å². The van der Waals surface area contributed by atoms with E-state index in [-0.39, 0.29) is 18.1 Å². The van der Waals surface area contributed by atoms with Crippen LogP contribution in [0.2, 0.25) is 0 Å². The quantitative estimate of drug-likeness (QED) is 0.718. The topological polar surface area (TPSA) is 23.8 Å². The highest BCUT2D eigenvalue weighted by Crippen LogP contribution is 2.38. The molecule has 0 aliphatic carbocycles. The van der Waals surface area contributed by atoms with E-state index < -0.39 is 29.4 Å². The zero-order valence-electron chi connectivity index (χ0n) is 9.73. The van der Waals surface area contributed by atoms with E-state index in [4.69, 9.17) is 5.26 Å². The number of benzene rings is 1. The maximum absolute atomic E-state index is 12.6. The van der Waals surface area contributed by atoms with E-state index in [1.165, 1.54) is 6.92 Å². The van der Waals surface area contributed by atoms with Crippen molar-refractivity contribution in [2.24, 2.45) is 0 Å². The molecule has 1 unspecified atom stereocenters. The minimum absolute atomic E-state index is 0.0720. The molecule has 1 aromatic rings. The van der Waals surface area contributed by atoms with Crippen LogP contribution in [0, 0.1) is 11.3 Å². The van der Waals surface area contributed by atoms with Crippen molar-refractivity contribution in [3.8, 4) is 6.07 Å². The van der Waals surface area contributed by atoms with Gasteiger partial charge in [-0.15, -0.1) is 0 Å². The second-order valence-corrected chi connectivity index (χ2v) is 4.10. The van der Waals surface area contributed by atoms with Gasteiger partial charge in [-0.1, -0.05) is 6.92 Å². The van der Waals surface area contributed by atoms with Crippen LogP contribution in [0.5, 0.6) is 0 Å². The molecule has 0 bridgehead atoms. The molecule has 0 aromatic heterocycles. The molecule has 0 aliphatic heterocycles. The highest BCUT2D eigenvalue weighted by Gasteiger charge is 2.37. The second kappa shape index (κ2) is 5.11. The van der Waals surface area contributed by atoms with Crippen molar-refractivity contribution in [3.63, 3.8) is 0 Å². The van der Waals surface area contributed by atoms with Crippen LogP contribution in [0.15, 0.2) is 18.2 Å². The van der Waals surface area contributed by atoms with Gasteiger partial charge in [0, 0.05) is 6.42 Å². The van der Waals surface area contributed by atoms with Gasteiger partial charge >= 0.3 is 12.4 Å². The van der Waals surface area contributed by atoms with Gasteiger partial charge in [-0.25, -0.2) is 0 Å². The molecule has 0 saturated carbocycles. The summed E-state index contributed by atoms with van der Waals surface area (Å²) in [5.41, 5.74) is -2.87. The zero-order chi connectivity index (χ0) is 14.8. The summed E-state index contributed by atoms with van der Waals surface area (Å²) in [6.45, 7) is 1.40. The number of alkyl halides is 6. The third kappa shape index (κ3) is 3.88. The summed E-state index contributed by atoms with van der Waals surface area (Å²) in [7, 11) is 0. The molecule has 1 nitrogen and oxygen atoms in total. The highest BCUT2D eigenvalue weighted by atomic mass is 19.4. The van der Waals surface area contributed by atoms with Crippen LogP contribution < -0.4 is 0 Å². The lowest BCUT2D eigenvalue weighted by Crippen LogP contribution is -2.12. The molecule has 0 heterocycles. The molecule has 104 valence electrons. The lowest BCUT2D eigenvalue weighted by Gasteiger charge is -2.16. The number of halogens is 6. The average molecular weight is 281 g/mol. The molecule has 0 N–H and O–H groups in total. The van der Waals surface area contributed by atoms with E-state index in [1.807, 2.05) is 0 Å². The van der Waals surface area contributed by atoms with Crippen LogP contribution >= 0.6 is 0 Å². The van der Waals surface area contributed by atoms with Gasteiger partial charge in [0.2, 0.25) is 0 Å². The monoisotopic (exact) mass is 281 g/mol. The van der Waals surface area contributed by atoms with Crippen molar-refractivity contribution in [3.05, 3.63) is 34.9 Å². The van der Waals surface area contributed by atoms with E-state index in [2.05, 4.69) is 0 Å². The first kappa shape index (κ1) is 15.3. The summed E-state index contributed by atoms with van der Waals surface area (Å²) in [6, 6.07) is 3.09. The Balaban J connectivity index is 3.38. The predicted molar refractivity (Wildman–Crippen MR) is 55.1 cm³/mol. The molecule has 0 saturated heterocycles. The Morgan fingerprint density at radius 1 is 1.00 bits per heavy atom. The van der Waals surface area contributed by atoms with Gasteiger partial charge in [0.05, 0.1) is 17.2 Å². The van der Waals surface area contributed by atoms with E-state index >= 15 is 0 Å². The molecule has 19 heavy (non-hydrogen) atoms. The fourth-order valence-electron chi connectivity index (χ4n) is 1.52. The fourth-order valence-corrected chi connectivity index (χ4v) is 1.52. The summed E-state index contributed by atoms with van der Waals surface area (Å²) >= 11 is 0. The summed E-state index contributed by atoms with van der Waals surface area (Å²) in [5.74, 6) is -0.701. The number of hydrogen-bond donors (Lipinski definition) is 0. The normalized spacial score (nSPS) is 14.0. The standard InChI is InChI=1S/C12H9F6N/c1-7(2-3-19)8-4-9(11(13,14)15)6-10(5-8)12(16,17)18/h4-7H,2H2,1H3. The number of nitriles is 1. The molecular weight excluding hydrogens is 272 g/mol. The molecule has 1 rings (SSSR count). The molecule has 7 heteroatoms. The second-order valence-electron chi connectivity index (χ2n) is 4.10. The lowest BCUT2D eigenvalue weighted by molar-refractivity contribution is -0.143. The Kier molecular flexibility index (Phi) is 4.13. The summed E-state index contributed by atoms with van der Waals surface area (Å²) in [5, 5.41) is 8.46. The maximum atomic E-state index is 12.6. The third-order valence-corrected chi connectivity index (χ3v) is 2.58. The maximum Gasteiger partial charge on any atom is 0.416 e. The number of rotatable bonds is 2. The molecule has 0 fully saturated rings. The van der Waals surface area contributed by atoms with Crippen molar-refractivity contribution in [1.82, 2.24) is 0 Å². The summed E-state index contributed by atoms with van der Waals surface area (Å²) in [6.07, 6.45) is -9.87. The third-order valence-electron chi connectivity index (χ3n) is 2.58. The Morgan fingerprint density at radius 3 is 1.74 bits per heavy atom. The van der Waals surface area contributed by atoms with Gasteiger partial charge in [0.25, 0.3) is 0 Å². The molecule has 0 spiro atoms. The SMILES string of the molecule is CC(CC#N)c1cc(C(F)(F)F)cc(C(F)(F)F)c1. The molecule has 0 radical (unpaired) electrons. The Bertz CT molecular complexity index is 462. The van der Waals surface area contributed by atoms with E-state index in [0.29, 0.717) is 12.1 Å². The van der Waals surface area contributed by atoms with Crippen LogP contribution in [0.1, 0.15) is 36.0 Å². The van der Waals surface area contributed by atoms with Crippen LogP contribution in [0.25, 0.3) is 0 Å². The molecule has 1 atom stereocenters. The Labute approximate surface area is 105 Å². The minimum Gasteiger partial charge on any atom is -0.198 e. The molecular formula is C12H9F6N. The van der Waals surface area contributed by atoms with Gasteiger partial charge in [-0.3, -0.25) is 0 Å². The number of hydrogen-bond acceptors (Lipinski definition) is 1. The Morgan fingerprint density at radius 2 is 1.42 bits per heavy atom. The van der Waals surface area contributed by atoms with Gasteiger partial charge < -0.3 is 0 Å². The summed E-state index contributed by atoms with van der Waals surface area (Å²) < 4.78 is 75.3. The van der Waals surface area contributed by atoms with E-state index in [1.54, 1.807) is 6.07 Å². The average Bonchev–Trinajstić information content (AvgIpc) is 2.26. The first-order chi connectivity index (χ1) is 8.55. The largest absolute Gasteiger partial charge is 0.416 e. The van der Waals surface area contributed by atoms with Crippen molar-refractivity contribution < 1.29 is 26.3 Å². The predicted octanol–water partition coefficient (Wildman–Crippen LogP) is 4.74. The Hall–Kier alpha value is -1.71. The summed E-state index contributed by atoms with van der Waals surface area (Å²) in [4.78, 5) is 0. The van der Waals surface area contributed by atoms with Crippen molar-refractivity contribution in [2.75, 3.05) is 0 Å².